The molecule has 0 unspecified atom stereocenters. The van der Waals surface area contributed by atoms with E-state index in [4.69, 9.17) is 27.9 Å². The molecule has 116 valence electrons. The van der Waals surface area contributed by atoms with Crippen LogP contribution in [0.15, 0.2) is 54.7 Å². The number of anilines is 1. The van der Waals surface area contributed by atoms with E-state index in [9.17, 15) is 4.79 Å². The number of carbonyl (C=O) groups excluding carboxylic acids is 1. The predicted octanol–water partition coefficient (Wildman–Crippen LogP) is 4.56. The molecule has 0 aliphatic carbocycles. The Morgan fingerprint density at radius 2 is 1.96 bits per heavy atom. The largest absolute Gasteiger partial charge is 0.482 e. The van der Waals surface area contributed by atoms with Crippen molar-refractivity contribution in [1.82, 2.24) is 4.98 Å². The highest BCUT2D eigenvalue weighted by molar-refractivity contribution is 6.35. The molecule has 1 heterocycles. The molecule has 0 aliphatic heterocycles. The molecule has 1 aromatic heterocycles. The van der Waals surface area contributed by atoms with Crippen LogP contribution in [0.1, 0.15) is 0 Å². The molecule has 0 aliphatic rings. The first kappa shape index (κ1) is 15.6. The zero-order valence-corrected chi connectivity index (χ0v) is 13.4. The van der Waals surface area contributed by atoms with E-state index in [0.29, 0.717) is 21.5 Å². The minimum Gasteiger partial charge on any atom is -0.482 e. The zero-order chi connectivity index (χ0) is 16.2. The van der Waals surface area contributed by atoms with Crippen LogP contribution in [0.4, 0.5) is 5.69 Å². The highest BCUT2D eigenvalue weighted by Gasteiger charge is 2.07. The van der Waals surface area contributed by atoms with Crippen molar-refractivity contribution in [3.63, 3.8) is 0 Å². The second kappa shape index (κ2) is 6.86. The Hall–Kier alpha value is -2.30. The summed E-state index contributed by atoms with van der Waals surface area (Å²) in [7, 11) is 0. The van der Waals surface area contributed by atoms with Gasteiger partial charge in [-0.3, -0.25) is 9.78 Å². The lowest BCUT2D eigenvalue weighted by atomic mass is 10.2. The molecule has 1 amide bonds. The van der Waals surface area contributed by atoms with Crippen molar-refractivity contribution in [2.75, 3.05) is 11.9 Å². The van der Waals surface area contributed by atoms with Gasteiger partial charge in [-0.05, 0) is 30.3 Å². The van der Waals surface area contributed by atoms with Crippen molar-refractivity contribution in [3.05, 3.63) is 64.8 Å². The smallest absolute Gasteiger partial charge is 0.262 e. The van der Waals surface area contributed by atoms with Gasteiger partial charge in [0.2, 0.25) is 0 Å². The van der Waals surface area contributed by atoms with Gasteiger partial charge in [0.25, 0.3) is 5.91 Å². The maximum Gasteiger partial charge on any atom is 0.262 e. The molecule has 3 aromatic rings. The van der Waals surface area contributed by atoms with Gasteiger partial charge in [0.15, 0.2) is 6.61 Å². The molecule has 0 saturated carbocycles. The minimum absolute atomic E-state index is 0.159. The van der Waals surface area contributed by atoms with Crippen molar-refractivity contribution in [2.24, 2.45) is 0 Å². The van der Waals surface area contributed by atoms with Gasteiger partial charge in [0, 0.05) is 10.4 Å². The first-order chi connectivity index (χ1) is 11.1. The molecular weight excluding hydrogens is 335 g/mol. The second-order valence-electron chi connectivity index (χ2n) is 4.83. The number of hydrogen-bond donors (Lipinski definition) is 1. The fraction of sp³-hybridized carbons (Fsp3) is 0.0588. The van der Waals surface area contributed by atoms with E-state index in [1.165, 1.54) is 0 Å². The molecule has 0 bridgehead atoms. The molecule has 0 radical (unpaired) electrons. The summed E-state index contributed by atoms with van der Waals surface area (Å²) in [6.07, 6.45) is 1.61. The van der Waals surface area contributed by atoms with E-state index in [0.717, 1.165) is 10.9 Å². The molecule has 0 fully saturated rings. The Balaban J connectivity index is 1.64. The summed E-state index contributed by atoms with van der Waals surface area (Å²) in [5.74, 6) is 0.107. The average molecular weight is 347 g/mol. The molecule has 23 heavy (non-hydrogen) atoms. The Morgan fingerprint density at radius 1 is 1.13 bits per heavy atom. The van der Waals surface area contributed by atoms with Gasteiger partial charge < -0.3 is 10.1 Å². The fourth-order valence-electron chi connectivity index (χ4n) is 2.07. The van der Waals surface area contributed by atoms with Gasteiger partial charge in [-0.1, -0.05) is 41.4 Å². The van der Waals surface area contributed by atoms with Crippen LogP contribution in [0.25, 0.3) is 10.9 Å². The number of rotatable bonds is 4. The van der Waals surface area contributed by atoms with Crippen molar-refractivity contribution in [3.8, 4) is 5.75 Å². The monoisotopic (exact) mass is 346 g/mol. The zero-order valence-electron chi connectivity index (χ0n) is 11.9. The Labute approximate surface area is 143 Å². The number of nitrogens with one attached hydrogen (secondary N) is 1. The van der Waals surface area contributed by atoms with Gasteiger partial charge in [0.05, 0.1) is 22.4 Å². The molecule has 3 rings (SSSR count). The van der Waals surface area contributed by atoms with E-state index in [1.54, 1.807) is 24.4 Å². The first-order valence-electron chi connectivity index (χ1n) is 6.84. The lowest BCUT2D eigenvalue weighted by Gasteiger charge is -2.09. The number of para-hydroxylation sites is 1. The SMILES string of the molecule is O=C(COc1ccc(Cl)cc1Cl)Nc1cnc2ccccc2c1. The van der Waals surface area contributed by atoms with Crippen molar-refractivity contribution < 1.29 is 9.53 Å². The van der Waals surface area contributed by atoms with Gasteiger partial charge >= 0.3 is 0 Å². The average Bonchev–Trinajstić information content (AvgIpc) is 2.54. The van der Waals surface area contributed by atoms with Gasteiger partial charge in [-0.25, -0.2) is 0 Å². The van der Waals surface area contributed by atoms with Crippen LogP contribution in [0.2, 0.25) is 10.0 Å². The van der Waals surface area contributed by atoms with Crippen LogP contribution in [0.5, 0.6) is 5.75 Å². The summed E-state index contributed by atoms with van der Waals surface area (Å²) >= 11 is 11.8. The van der Waals surface area contributed by atoms with E-state index < -0.39 is 0 Å². The normalized spacial score (nSPS) is 10.5. The van der Waals surface area contributed by atoms with E-state index in [2.05, 4.69) is 10.3 Å². The first-order valence-corrected chi connectivity index (χ1v) is 7.60. The number of halogens is 2. The topological polar surface area (TPSA) is 51.2 Å². The number of pyridine rings is 1. The second-order valence-corrected chi connectivity index (χ2v) is 5.67. The Bertz CT molecular complexity index is 868. The number of carbonyl (C=O) groups is 1. The maximum absolute atomic E-state index is 12.0. The number of hydrogen-bond acceptors (Lipinski definition) is 3. The van der Waals surface area contributed by atoms with Crippen LogP contribution in [0.3, 0.4) is 0 Å². The van der Waals surface area contributed by atoms with Crippen molar-refractivity contribution in [1.29, 1.82) is 0 Å². The molecule has 1 N–H and O–H groups in total. The summed E-state index contributed by atoms with van der Waals surface area (Å²) < 4.78 is 5.39. The van der Waals surface area contributed by atoms with Crippen LogP contribution in [-0.4, -0.2) is 17.5 Å². The molecule has 2 aromatic carbocycles. The van der Waals surface area contributed by atoms with Gasteiger partial charge in [0.1, 0.15) is 5.75 Å². The molecule has 0 spiro atoms. The predicted molar refractivity (Wildman–Crippen MR) is 92.3 cm³/mol. The number of amides is 1. The molecule has 0 saturated heterocycles. The van der Waals surface area contributed by atoms with Crippen LogP contribution in [0, 0.1) is 0 Å². The summed E-state index contributed by atoms with van der Waals surface area (Å²) in [4.78, 5) is 16.3. The molecular formula is C17H12Cl2N2O2. The minimum atomic E-state index is -0.298. The summed E-state index contributed by atoms with van der Waals surface area (Å²) in [5, 5.41) is 4.56. The van der Waals surface area contributed by atoms with E-state index >= 15 is 0 Å². The summed E-state index contributed by atoms with van der Waals surface area (Å²) in [6.45, 7) is -0.159. The third-order valence-corrected chi connectivity index (χ3v) is 3.66. The van der Waals surface area contributed by atoms with Gasteiger partial charge in [-0.15, -0.1) is 0 Å². The van der Waals surface area contributed by atoms with Crippen LogP contribution >= 0.6 is 23.2 Å². The standard InChI is InChI=1S/C17H12Cl2N2O2/c18-12-5-6-16(14(19)8-12)23-10-17(22)21-13-7-11-3-1-2-4-15(11)20-9-13/h1-9H,10H2,(H,21,22). The Kier molecular flexibility index (Phi) is 4.65. The fourth-order valence-corrected chi connectivity index (χ4v) is 2.54. The molecule has 6 heteroatoms. The van der Waals surface area contributed by atoms with E-state index in [1.807, 2.05) is 30.3 Å². The highest BCUT2D eigenvalue weighted by atomic mass is 35.5. The summed E-state index contributed by atoms with van der Waals surface area (Å²) in [5.41, 5.74) is 1.48. The Morgan fingerprint density at radius 3 is 2.78 bits per heavy atom. The molecule has 0 atom stereocenters. The van der Waals surface area contributed by atoms with Crippen LogP contribution in [-0.2, 0) is 4.79 Å². The highest BCUT2D eigenvalue weighted by Crippen LogP contribution is 2.27. The van der Waals surface area contributed by atoms with Crippen molar-refractivity contribution >= 4 is 45.7 Å². The van der Waals surface area contributed by atoms with Gasteiger partial charge in [-0.2, -0.15) is 0 Å². The number of aromatic nitrogens is 1. The molecule has 4 nitrogen and oxygen atoms in total. The number of fused-ring (bicyclic) bond motifs is 1. The number of benzene rings is 2. The lowest BCUT2D eigenvalue weighted by Crippen LogP contribution is -2.20. The third kappa shape index (κ3) is 3.92. The maximum atomic E-state index is 12.0. The third-order valence-electron chi connectivity index (χ3n) is 3.13. The summed E-state index contributed by atoms with van der Waals surface area (Å²) in [6, 6.07) is 14.4. The quantitative estimate of drug-likeness (QED) is 0.753. The number of ether oxygens (including phenoxy) is 1. The number of nitrogens with zero attached hydrogens (tertiary/aromatic N) is 1. The van der Waals surface area contributed by atoms with Crippen LogP contribution < -0.4 is 10.1 Å². The van der Waals surface area contributed by atoms with Crippen molar-refractivity contribution in [2.45, 2.75) is 0 Å². The van der Waals surface area contributed by atoms with E-state index in [-0.39, 0.29) is 12.5 Å². The lowest BCUT2D eigenvalue weighted by molar-refractivity contribution is -0.118.